The fourth-order valence-corrected chi connectivity index (χ4v) is 4.38. The second kappa shape index (κ2) is 14.8. The van der Waals surface area contributed by atoms with E-state index in [1.165, 1.54) is 13.0 Å². The molecule has 0 aliphatic carbocycles. The lowest BCUT2D eigenvalue weighted by molar-refractivity contribution is -0.118. The Morgan fingerprint density at radius 2 is 1.51 bits per heavy atom. The van der Waals surface area contributed by atoms with Crippen molar-refractivity contribution in [2.45, 2.75) is 40.2 Å². The molecule has 6 nitrogen and oxygen atoms in total. The molecule has 41 heavy (non-hydrogen) atoms. The van der Waals surface area contributed by atoms with E-state index in [4.69, 9.17) is 9.47 Å². The molecule has 8 heteroatoms. The number of carbonyl (C=O) groups is 1. The number of hydrogen-bond donors (Lipinski definition) is 2. The maximum Gasteiger partial charge on any atom is 0.387 e. The van der Waals surface area contributed by atoms with Crippen molar-refractivity contribution < 1.29 is 27.8 Å². The Morgan fingerprint density at radius 1 is 0.780 bits per heavy atom. The fraction of sp³-hybridized carbons (Fsp3) is 0.242. The van der Waals surface area contributed by atoms with E-state index < -0.39 is 6.61 Å². The van der Waals surface area contributed by atoms with Gasteiger partial charge in [0.25, 0.3) is 0 Å². The Morgan fingerprint density at radius 3 is 2.29 bits per heavy atom. The highest BCUT2D eigenvalue weighted by Crippen LogP contribution is 2.30. The molecule has 0 heterocycles. The summed E-state index contributed by atoms with van der Waals surface area (Å²) in [5, 5.41) is 6.03. The van der Waals surface area contributed by atoms with E-state index in [0.29, 0.717) is 43.3 Å². The monoisotopic (exact) mass is 560 g/mol. The van der Waals surface area contributed by atoms with Crippen LogP contribution in [0.1, 0.15) is 29.2 Å². The smallest absolute Gasteiger partial charge is 0.387 e. The quantitative estimate of drug-likeness (QED) is 0.169. The highest BCUT2D eigenvalue weighted by atomic mass is 19.3. The zero-order chi connectivity index (χ0) is 29.0. The average molecular weight is 561 g/mol. The number of nitrogens with one attached hydrogen (secondary N) is 2. The second-order valence-corrected chi connectivity index (χ2v) is 9.45. The number of halogens is 2. The number of amides is 1. The lowest BCUT2D eigenvalue weighted by Crippen LogP contribution is -2.30. The molecule has 0 aromatic heterocycles. The molecule has 4 rings (SSSR count). The van der Waals surface area contributed by atoms with Gasteiger partial charge in [0.15, 0.2) is 0 Å². The van der Waals surface area contributed by atoms with Crippen LogP contribution in [0.5, 0.6) is 17.2 Å². The van der Waals surface area contributed by atoms with E-state index in [9.17, 15) is 13.6 Å². The van der Waals surface area contributed by atoms with Crippen molar-refractivity contribution >= 4 is 5.91 Å². The molecule has 0 fully saturated rings. The number of hydrogen-bond acceptors (Lipinski definition) is 5. The Balaban J connectivity index is 1.49. The lowest BCUT2D eigenvalue weighted by atomic mass is 9.97. The maximum absolute atomic E-state index is 12.9. The number of para-hydroxylation sites is 1. The van der Waals surface area contributed by atoms with Crippen LogP contribution in [-0.4, -0.2) is 25.6 Å². The second-order valence-electron chi connectivity index (χ2n) is 9.45. The minimum absolute atomic E-state index is 0.0312. The number of benzene rings is 4. The van der Waals surface area contributed by atoms with E-state index in [2.05, 4.69) is 40.5 Å². The predicted molar refractivity (Wildman–Crippen MR) is 155 cm³/mol. The molecule has 0 atom stereocenters. The van der Waals surface area contributed by atoms with E-state index in [1.807, 2.05) is 42.5 Å². The number of rotatable bonds is 14. The van der Waals surface area contributed by atoms with Gasteiger partial charge in [0.05, 0.1) is 0 Å². The van der Waals surface area contributed by atoms with Crippen molar-refractivity contribution in [1.29, 1.82) is 0 Å². The SMILES string of the molecule is CC(=O)NCCNCc1ccc(OCc2cccc(-c3ccccc3)c2C)cc1OCc1ccccc1OC(F)F. The normalized spacial score (nSPS) is 10.9. The highest BCUT2D eigenvalue weighted by Gasteiger charge is 2.13. The summed E-state index contributed by atoms with van der Waals surface area (Å²) in [6.45, 7) is 2.56. The standard InChI is InChI=1S/C33H34F2N2O4/c1-23-27(12-8-13-30(23)25-9-4-3-5-10-25)21-39-29-16-15-26(20-36-17-18-37-24(2)38)32(19-29)40-22-28-11-6-7-14-31(28)41-33(34)35/h3-16,19,33,36H,17-18,20-22H2,1-2H3,(H,37,38). The molecule has 4 aromatic carbocycles. The first-order valence-electron chi connectivity index (χ1n) is 13.4. The van der Waals surface area contributed by atoms with E-state index >= 15 is 0 Å². The molecule has 4 aromatic rings. The minimum Gasteiger partial charge on any atom is -0.489 e. The van der Waals surface area contributed by atoms with Crippen LogP contribution in [0.2, 0.25) is 0 Å². The Labute approximate surface area is 239 Å². The van der Waals surface area contributed by atoms with Gasteiger partial charge >= 0.3 is 6.61 Å². The first-order valence-corrected chi connectivity index (χ1v) is 13.4. The minimum atomic E-state index is -2.93. The lowest BCUT2D eigenvalue weighted by Gasteiger charge is -2.17. The Kier molecular flexibility index (Phi) is 10.7. The maximum atomic E-state index is 12.9. The molecule has 0 unspecified atom stereocenters. The van der Waals surface area contributed by atoms with Crippen LogP contribution in [0.3, 0.4) is 0 Å². The van der Waals surface area contributed by atoms with Gasteiger partial charge in [0, 0.05) is 43.8 Å². The van der Waals surface area contributed by atoms with Crippen LogP contribution in [0.15, 0.2) is 91.0 Å². The molecule has 0 radical (unpaired) electrons. The van der Waals surface area contributed by atoms with Gasteiger partial charge < -0.3 is 24.8 Å². The van der Waals surface area contributed by atoms with Crippen molar-refractivity contribution in [3.8, 4) is 28.4 Å². The van der Waals surface area contributed by atoms with Gasteiger partial charge in [-0.1, -0.05) is 72.8 Å². The molecule has 0 aliphatic rings. The van der Waals surface area contributed by atoms with Crippen LogP contribution in [0.4, 0.5) is 8.78 Å². The van der Waals surface area contributed by atoms with E-state index in [0.717, 1.165) is 27.8 Å². The van der Waals surface area contributed by atoms with Gasteiger partial charge in [-0.05, 0) is 41.3 Å². The first kappa shape index (κ1) is 29.6. The molecular weight excluding hydrogens is 526 g/mol. The zero-order valence-corrected chi connectivity index (χ0v) is 23.2. The summed E-state index contributed by atoms with van der Waals surface area (Å²) in [6.07, 6.45) is 0. The van der Waals surface area contributed by atoms with Crippen LogP contribution in [0.25, 0.3) is 11.1 Å². The summed E-state index contributed by atoms with van der Waals surface area (Å²) in [5.41, 5.74) is 5.86. The molecule has 0 bridgehead atoms. The number of alkyl halides is 2. The number of ether oxygens (including phenoxy) is 3. The van der Waals surface area contributed by atoms with Crippen molar-refractivity contribution in [1.82, 2.24) is 10.6 Å². The van der Waals surface area contributed by atoms with Gasteiger partial charge in [-0.15, -0.1) is 0 Å². The van der Waals surface area contributed by atoms with Crippen LogP contribution in [0, 0.1) is 6.92 Å². The topological polar surface area (TPSA) is 68.8 Å². The summed E-state index contributed by atoms with van der Waals surface area (Å²) in [4.78, 5) is 11.1. The van der Waals surface area contributed by atoms with Gasteiger partial charge in [0.2, 0.25) is 5.91 Å². The van der Waals surface area contributed by atoms with Crippen LogP contribution in [-0.2, 0) is 24.6 Å². The van der Waals surface area contributed by atoms with Crippen molar-refractivity contribution in [3.05, 3.63) is 113 Å². The van der Waals surface area contributed by atoms with E-state index in [-0.39, 0.29) is 18.3 Å². The van der Waals surface area contributed by atoms with E-state index in [1.54, 1.807) is 24.3 Å². The van der Waals surface area contributed by atoms with Crippen molar-refractivity contribution in [2.24, 2.45) is 0 Å². The third-order valence-electron chi connectivity index (χ3n) is 6.53. The summed E-state index contributed by atoms with van der Waals surface area (Å²) in [7, 11) is 0. The summed E-state index contributed by atoms with van der Waals surface area (Å²) in [6, 6.07) is 28.5. The highest BCUT2D eigenvalue weighted by molar-refractivity contribution is 5.72. The average Bonchev–Trinajstić information content (AvgIpc) is 2.96. The molecule has 0 aliphatic heterocycles. The van der Waals surface area contributed by atoms with Crippen molar-refractivity contribution in [2.75, 3.05) is 13.1 Å². The molecule has 214 valence electrons. The number of carbonyl (C=O) groups excluding carboxylic acids is 1. The largest absolute Gasteiger partial charge is 0.489 e. The van der Waals surface area contributed by atoms with Gasteiger partial charge in [0.1, 0.15) is 30.5 Å². The predicted octanol–water partition coefficient (Wildman–Crippen LogP) is 6.65. The molecular formula is C33H34F2N2O4. The van der Waals surface area contributed by atoms with Gasteiger partial charge in [-0.3, -0.25) is 4.79 Å². The summed E-state index contributed by atoms with van der Waals surface area (Å²) in [5.74, 6) is 1.14. The van der Waals surface area contributed by atoms with Gasteiger partial charge in [-0.25, -0.2) is 0 Å². The fourth-order valence-electron chi connectivity index (χ4n) is 4.38. The van der Waals surface area contributed by atoms with Gasteiger partial charge in [-0.2, -0.15) is 8.78 Å². The third kappa shape index (κ3) is 8.78. The Bertz CT molecular complexity index is 1430. The Hall–Kier alpha value is -4.43. The van der Waals surface area contributed by atoms with Crippen LogP contribution < -0.4 is 24.8 Å². The zero-order valence-electron chi connectivity index (χ0n) is 23.2. The molecule has 2 N–H and O–H groups in total. The summed E-state index contributed by atoms with van der Waals surface area (Å²) < 4.78 is 42.7. The molecule has 1 amide bonds. The van der Waals surface area contributed by atoms with Crippen LogP contribution >= 0.6 is 0 Å². The molecule has 0 spiro atoms. The summed E-state index contributed by atoms with van der Waals surface area (Å²) >= 11 is 0. The van der Waals surface area contributed by atoms with Crippen molar-refractivity contribution in [3.63, 3.8) is 0 Å². The first-order chi connectivity index (χ1) is 19.9. The third-order valence-corrected chi connectivity index (χ3v) is 6.53. The molecule has 0 saturated carbocycles. The molecule has 0 saturated heterocycles.